The SMILES string of the molecule is CC(=O)c1ccc(OCCCC(=O)N2CCN(c3cccc(Cl)c3)CC2)cc1. The minimum absolute atomic E-state index is 0.0348. The predicted octanol–water partition coefficient (Wildman–Crippen LogP) is 4.05. The van der Waals surface area contributed by atoms with Crippen LogP contribution in [0.15, 0.2) is 48.5 Å². The molecule has 0 aromatic heterocycles. The first-order chi connectivity index (χ1) is 13.5. The zero-order chi connectivity index (χ0) is 19.9. The Labute approximate surface area is 170 Å². The molecule has 1 heterocycles. The number of ketones is 1. The van der Waals surface area contributed by atoms with E-state index in [-0.39, 0.29) is 11.7 Å². The van der Waals surface area contributed by atoms with Gasteiger partial charge >= 0.3 is 0 Å². The second kappa shape index (κ2) is 9.60. The molecule has 0 N–H and O–H groups in total. The van der Waals surface area contributed by atoms with Gasteiger partial charge < -0.3 is 14.5 Å². The van der Waals surface area contributed by atoms with E-state index in [1.165, 1.54) is 6.92 Å². The third kappa shape index (κ3) is 5.49. The van der Waals surface area contributed by atoms with E-state index in [9.17, 15) is 9.59 Å². The van der Waals surface area contributed by atoms with Gasteiger partial charge in [-0.2, -0.15) is 0 Å². The molecule has 148 valence electrons. The number of benzene rings is 2. The van der Waals surface area contributed by atoms with Gasteiger partial charge in [-0.05, 0) is 55.8 Å². The second-order valence-corrected chi connectivity index (χ2v) is 7.32. The molecule has 1 fully saturated rings. The first-order valence-electron chi connectivity index (χ1n) is 9.55. The summed E-state index contributed by atoms with van der Waals surface area (Å²) in [5.41, 5.74) is 1.77. The van der Waals surface area contributed by atoms with Crippen molar-refractivity contribution >= 4 is 29.0 Å². The largest absolute Gasteiger partial charge is 0.494 e. The number of Topliss-reactive ketones (excluding diaryl/α,β-unsaturated/α-hetero) is 1. The fraction of sp³-hybridized carbons (Fsp3) is 0.364. The first kappa shape index (κ1) is 20.2. The maximum atomic E-state index is 12.4. The van der Waals surface area contributed by atoms with Gasteiger partial charge in [0.25, 0.3) is 0 Å². The number of carbonyl (C=O) groups is 2. The summed E-state index contributed by atoms with van der Waals surface area (Å²) in [4.78, 5) is 27.9. The molecule has 1 aliphatic heterocycles. The summed E-state index contributed by atoms with van der Waals surface area (Å²) in [5, 5.41) is 0.729. The molecule has 2 aromatic rings. The van der Waals surface area contributed by atoms with Gasteiger partial charge in [-0.1, -0.05) is 17.7 Å². The zero-order valence-electron chi connectivity index (χ0n) is 16.1. The molecule has 28 heavy (non-hydrogen) atoms. The van der Waals surface area contributed by atoms with Gasteiger partial charge in [0.15, 0.2) is 5.78 Å². The van der Waals surface area contributed by atoms with Crippen LogP contribution in [0.2, 0.25) is 5.02 Å². The average molecular weight is 401 g/mol. The molecule has 1 amide bonds. The number of nitrogens with zero attached hydrogens (tertiary/aromatic N) is 2. The highest BCUT2D eigenvalue weighted by molar-refractivity contribution is 6.30. The predicted molar refractivity (Wildman–Crippen MR) is 111 cm³/mol. The third-order valence-electron chi connectivity index (χ3n) is 4.87. The van der Waals surface area contributed by atoms with Crippen LogP contribution in [0.25, 0.3) is 0 Å². The van der Waals surface area contributed by atoms with Crippen LogP contribution in [0.3, 0.4) is 0 Å². The lowest BCUT2D eigenvalue weighted by Crippen LogP contribution is -2.48. The summed E-state index contributed by atoms with van der Waals surface area (Å²) in [5.74, 6) is 0.918. The molecule has 0 saturated carbocycles. The standard InChI is InChI=1S/C22H25ClN2O3/c1-17(26)18-7-9-21(10-8-18)28-15-3-6-22(27)25-13-11-24(12-14-25)20-5-2-4-19(23)16-20/h2,4-5,7-10,16H,3,6,11-15H2,1H3. The summed E-state index contributed by atoms with van der Waals surface area (Å²) in [6.07, 6.45) is 1.14. The minimum atomic E-state index is 0.0348. The van der Waals surface area contributed by atoms with Gasteiger partial charge in [0.05, 0.1) is 6.61 Å². The van der Waals surface area contributed by atoms with Crippen LogP contribution < -0.4 is 9.64 Å². The van der Waals surface area contributed by atoms with Gasteiger partial charge in [-0.15, -0.1) is 0 Å². The van der Waals surface area contributed by atoms with Gasteiger partial charge in [0.1, 0.15) is 5.75 Å². The fourth-order valence-electron chi connectivity index (χ4n) is 3.24. The van der Waals surface area contributed by atoms with Gasteiger partial charge in [0, 0.05) is 48.9 Å². The van der Waals surface area contributed by atoms with Crippen molar-refractivity contribution < 1.29 is 14.3 Å². The number of hydrogen-bond donors (Lipinski definition) is 0. The van der Waals surface area contributed by atoms with Gasteiger partial charge in [0.2, 0.25) is 5.91 Å². The van der Waals surface area contributed by atoms with E-state index >= 15 is 0 Å². The van der Waals surface area contributed by atoms with Crippen molar-refractivity contribution in [2.24, 2.45) is 0 Å². The highest BCUT2D eigenvalue weighted by atomic mass is 35.5. The Hall–Kier alpha value is -2.53. The van der Waals surface area contributed by atoms with Gasteiger partial charge in [-0.25, -0.2) is 0 Å². The third-order valence-corrected chi connectivity index (χ3v) is 5.11. The smallest absolute Gasteiger partial charge is 0.222 e. The summed E-state index contributed by atoms with van der Waals surface area (Å²) < 4.78 is 5.66. The number of halogens is 1. The van der Waals surface area contributed by atoms with E-state index in [4.69, 9.17) is 16.3 Å². The molecule has 2 aromatic carbocycles. The summed E-state index contributed by atoms with van der Waals surface area (Å²) in [7, 11) is 0. The van der Waals surface area contributed by atoms with Crippen molar-refractivity contribution in [3.8, 4) is 5.75 Å². The van der Waals surface area contributed by atoms with Crippen LogP contribution in [0, 0.1) is 0 Å². The lowest BCUT2D eigenvalue weighted by Gasteiger charge is -2.36. The maximum Gasteiger partial charge on any atom is 0.222 e. The lowest BCUT2D eigenvalue weighted by molar-refractivity contribution is -0.131. The lowest BCUT2D eigenvalue weighted by atomic mass is 10.1. The molecule has 0 radical (unpaired) electrons. The van der Waals surface area contributed by atoms with E-state index in [0.717, 1.165) is 36.9 Å². The van der Waals surface area contributed by atoms with Crippen molar-refractivity contribution in [3.05, 3.63) is 59.1 Å². The van der Waals surface area contributed by atoms with E-state index in [0.29, 0.717) is 30.8 Å². The quantitative estimate of drug-likeness (QED) is 0.519. The number of carbonyl (C=O) groups excluding carboxylic acids is 2. The van der Waals surface area contributed by atoms with Crippen molar-refractivity contribution in [2.45, 2.75) is 19.8 Å². The summed E-state index contributed by atoms with van der Waals surface area (Å²) >= 11 is 6.06. The average Bonchev–Trinajstić information content (AvgIpc) is 2.71. The molecule has 0 spiro atoms. The van der Waals surface area contributed by atoms with E-state index < -0.39 is 0 Å². The van der Waals surface area contributed by atoms with Gasteiger partial charge in [-0.3, -0.25) is 9.59 Å². The molecule has 0 atom stereocenters. The highest BCUT2D eigenvalue weighted by Crippen LogP contribution is 2.21. The number of hydrogen-bond acceptors (Lipinski definition) is 4. The van der Waals surface area contributed by atoms with Crippen LogP contribution in [0.4, 0.5) is 5.69 Å². The fourth-order valence-corrected chi connectivity index (χ4v) is 3.43. The van der Waals surface area contributed by atoms with Crippen molar-refractivity contribution in [2.75, 3.05) is 37.7 Å². The summed E-state index contributed by atoms with van der Waals surface area (Å²) in [6.45, 7) is 5.08. The number of anilines is 1. The molecule has 0 aliphatic carbocycles. The number of piperazine rings is 1. The maximum absolute atomic E-state index is 12.4. The second-order valence-electron chi connectivity index (χ2n) is 6.88. The van der Waals surface area contributed by atoms with E-state index in [1.54, 1.807) is 24.3 Å². The van der Waals surface area contributed by atoms with E-state index in [1.807, 2.05) is 29.2 Å². The molecule has 0 unspecified atom stereocenters. The summed E-state index contributed by atoms with van der Waals surface area (Å²) in [6, 6.07) is 14.9. The van der Waals surface area contributed by atoms with Crippen LogP contribution >= 0.6 is 11.6 Å². The van der Waals surface area contributed by atoms with Crippen molar-refractivity contribution in [1.29, 1.82) is 0 Å². The van der Waals surface area contributed by atoms with Crippen LogP contribution in [0.1, 0.15) is 30.1 Å². The van der Waals surface area contributed by atoms with Crippen LogP contribution in [-0.4, -0.2) is 49.4 Å². The number of amides is 1. The van der Waals surface area contributed by atoms with Crippen LogP contribution in [-0.2, 0) is 4.79 Å². The molecule has 1 aliphatic rings. The zero-order valence-corrected chi connectivity index (χ0v) is 16.8. The molecular formula is C22H25ClN2O3. The molecule has 5 nitrogen and oxygen atoms in total. The Morgan fingerprint density at radius 2 is 1.75 bits per heavy atom. The van der Waals surface area contributed by atoms with Crippen molar-refractivity contribution in [1.82, 2.24) is 4.90 Å². The molecule has 1 saturated heterocycles. The Morgan fingerprint density at radius 3 is 2.39 bits per heavy atom. The Bertz CT molecular complexity index is 815. The molecule has 3 rings (SSSR count). The first-order valence-corrected chi connectivity index (χ1v) is 9.93. The minimum Gasteiger partial charge on any atom is -0.494 e. The Kier molecular flexibility index (Phi) is 6.93. The number of rotatable bonds is 7. The van der Waals surface area contributed by atoms with E-state index in [2.05, 4.69) is 4.90 Å². The monoisotopic (exact) mass is 400 g/mol. The Balaban J connectivity index is 1.37. The Morgan fingerprint density at radius 1 is 1.04 bits per heavy atom. The number of ether oxygens (including phenoxy) is 1. The topological polar surface area (TPSA) is 49.9 Å². The van der Waals surface area contributed by atoms with Crippen LogP contribution in [0.5, 0.6) is 5.75 Å². The molecule has 0 bridgehead atoms. The van der Waals surface area contributed by atoms with Crippen molar-refractivity contribution in [3.63, 3.8) is 0 Å². The molecule has 6 heteroatoms. The molecular weight excluding hydrogens is 376 g/mol. The highest BCUT2D eigenvalue weighted by Gasteiger charge is 2.21. The normalized spacial score (nSPS) is 14.1.